The molecule has 0 radical (unpaired) electrons. The van der Waals surface area contributed by atoms with Crippen LogP contribution in [0.25, 0.3) is 0 Å². The van der Waals surface area contributed by atoms with Crippen LogP contribution in [0.1, 0.15) is 31.1 Å². The van der Waals surface area contributed by atoms with E-state index in [1.165, 1.54) is 6.33 Å². The first-order chi connectivity index (χ1) is 10.8. The third-order valence-electron chi connectivity index (χ3n) is 3.71. The molecule has 3 heterocycles. The summed E-state index contributed by atoms with van der Waals surface area (Å²) in [6.45, 7) is 0.695. The number of aromatic nitrogens is 4. The Balaban J connectivity index is 1.71. The Morgan fingerprint density at radius 1 is 1.41 bits per heavy atom. The number of likely N-dealkylation sites (tertiary alicyclic amines) is 1. The van der Waals surface area contributed by atoms with E-state index in [9.17, 15) is 4.79 Å². The van der Waals surface area contributed by atoms with Crippen molar-refractivity contribution in [2.24, 2.45) is 0 Å². The van der Waals surface area contributed by atoms with Crippen molar-refractivity contribution in [3.05, 3.63) is 30.5 Å². The molecule has 1 saturated heterocycles. The number of urea groups is 1. The summed E-state index contributed by atoms with van der Waals surface area (Å²) in [5.74, 6) is 1.23. The second-order valence-corrected chi connectivity index (χ2v) is 5.10. The molecule has 1 fully saturated rings. The van der Waals surface area contributed by atoms with Crippen molar-refractivity contribution in [2.75, 3.05) is 19.0 Å². The Bertz CT molecular complexity index is 613. The summed E-state index contributed by atoms with van der Waals surface area (Å²) in [6, 6.07) is 3.24. The van der Waals surface area contributed by atoms with Gasteiger partial charge in [0.1, 0.15) is 12.2 Å². The van der Waals surface area contributed by atoms with Crippen LogP contribution in [0.3, 0.4) is 0 Å². The second kappa shape index (κ2) is 6.42. The Kier molecular flexibility index (Phi) is 4.17. The van der Waals surface area contributed by atoms with Gasteiger partial charge in [-0.15, -0.1) is 0 Å². The largest absolute Gasteiger partial charge is 0.481 e. The maximum absolute atomic E-state index is 12.5. The van der Waals surface area contributed by atoms with Crippen molar-refractivity contribution >= 4 is 11.7 Å². The summed E-state index contributed by atoms with van der Waals surface area (Å²) in [5, 5.41) is 9.60. The molecule has 1 atom stereocenters. The number of H-pyrrole nitrogens is 1. The fraction of sp³-hybridized carbons (Fsp3) is 0.429. The lowest BCUT2D eigenvalue weighted by Crippen LogP contribution is -2.41. The van der Waals surface area contributed by atoms with Crippen molar-refractivity contribution in [1.29, 1.82) is 0 Å². The van der Waals surface area contributed by atoms with Crippen LogP contribution in [0.4, 0.5) is 10.5 Å². The molecule has 0 bridgehead atoms. The number of carbonyl (C=O) groups is 1. The molecule has 8 heteroatoms. The average Bonchev–Trinajstić information content (AvgIpc) is 3.10. The van der Waals surface area contributed by atoms with Gasteiger partial charge in [0.2, 0.25) is 5.88 Å². The van der Waals surface area contributed by atoms with E-state index < -0.39 is 0 Å². The minimum absolute atomic E-state index is 0.0672. The van der Waals surface area contributed by atoms with Crippen molar-refractivity contribution in [2.45, 2.75) is 25.3 Å². The van der Waals surface area contributed by atoms with Gasteiger partial charge in [-0.3, -0.25) is 5.10 Å². The molecule has 8 nitrogen and oxygen atoms in total. The zero-order valence-corrected chi connectivity index (χ0v) is 12.3. The lowest BCUT2D eigenvalue weighted by Gasteiger charge is -2.34. The summed E-state index contributed by atoms with van der Waals surface area (Å²) in [4.78, 5) is 22.6. The first-order valence-electron chi connectivity index (χ1n) is 7.21. The van der Waals surface area contributed by atoms with Crippen molar-refractivity contribution in [1.82, 2.24) is 25.1 Å². The molecule has 0 aliphatic carbocycles. The molecule has 2 amide bonds. The number of hydrogen-bond donors (Lipinski definition) is 2. The monoisotopic (exact) mass is 302 g/mol. The summed E-state index contributed by atoms with van der Waals surface area (Å²) >= 11 is 0. The van der Waals surface area contributed by atoms with E-state index >= 15 is 0 Å². The van der Waals surface area contributed by atoms with Gasteiger partial charge < -0.3 is 15.0 Å². The van der Waals surface area contributed by atoms with E-state index in [1.54, 1.807) is 30.3 Å². The number of carbonyl (C=O) groups excluding carboxylic acids is 1. The zero-order chi connectivity index (χ0) is 15.4. The lowest BCUT2D eigenvalue weighted by molar-refractivity contribution is 0.159. The van der Waals surface area contributed by atoms with Gasteiger partial charge in [-0.25, -0.2) is 14.8 Å². The molecule has 1 aliphatic rings. The van der Waals surface area contributed by atoms with Gasteiger partial charge in [-0.2, -0.15) is 5.10 Å². The predicted molar refractivity (Wildman–Crippen MR) is 79.5 cm³/mol. The van der Waals surface area contributed by atoms with E-state index in [0.29, 0.717) is 18.1 Å². The Morgan fingerprint density at radius 2 is 2.32 bits per heavy atom. The highest BCUT2D eigenvalue weighted by atomic mass is 16.5. The highest BCUT2D eigenvalue weighted by Crippen LogP contribution is 2.29. The molecule has 0 aromatic carbocycles. The molecule has 2 aromatic rings. The van der Waals surface area contributed by atoms with Crippen molar-refractivity contribution in [3.63, 3.8) is 0 Å². The third kappa shape index (κ3) is 3.00. The molecule has 0 unspecified atom stereocenters. The maximum atomic E-state index is 12.5. The topological polar surface area (TPSA) is 96.0 Å². The van der Waals surface area contributed by atoms with Crippen LogP contribution in [-0.4, -0.2) is 44.8 Å². The van der Waals surface area contributed by atoms with Gasteiger partial charge in [0.05, 0.1) is 25.0 Å². The molecule has 116 valence electrons. The van der Waals surface area contributed by atoms with Crippen molar-refractivity contribution in [3.8, 4) is 5.88 Å². The van der Waals surface area contributed by atoms with Crippen LogP contribution in [-0.2, 0) is 0 Å². The predicted octanol–water partition coefficient (Wildman–Crippen LogP) is 1.97. The van der Waals surface area contributed by atoms with Gasteiger partial charge in [-0.1, -0.05) is 0 Å². The minimum atomic E-state index is -0.159. The Labute approximate surface area is 127 Å². The molecule has 2 N–H and O–H groups in total. The van der Waals surface area contributed by atoms with Crippen LogP contribution in [0, 0.1) is 0 Å². The standard InChI is InChI=1S/C14H18N6O2/c1-22-12-6-5-10(8-15-12)18-14(21)20-7-3-2-4-11(20)13-16-9-17-19-13/h5-6,8-9,11H,2-4,7H2,1H3,(H,18,21)(H,16,17,19)/t11-/m0/s1. The van der Waals surface area contributed by atoms with Gasteiger partial charge in [0, 0.05) is 12.6 Å². The smallest absolute Gasteiger partial charge is 0.322 e. The number of ether oxygens (including phenoxy) is 1. The van der Waals surface area contributed by atoms with Crippen LogP contribution in [0.5, 0.6) is 5.88 Å². The van der Waals surface area contributed by atoms with Gasteiger partial charge in [-0.05, 0) is 25.3 Å². The van der Waals surface area contributed by atoms with Crippen LogP contribution in [0.2, 0.25) is 0 Å². The molecular weight excluding hydrogens is 284 g/mol. The van der Waals surface area contributed by atoms with Crippen LogP contribution in [0.15, 0.2) is 24.7 Å². The third-order valence-corrected chi connectivity index (χ3v) is 3.71. The number of nitrogens with zero attached hydrogens (tertiary/aromatic N) is 4. The lowest BCUT2D eigenvalue weighted by atomic mass is 10.0. The van der Waals surface area contributed by atoms with E-state index in [-0.39, 0.29) is 12.1 Å². The number of nitrogens with one attached hydrogen (secondary N) is 2. The quantitative estimate of drug-likeness (QED) is 0.903. The van der Waals surface area contributed by atoms with Gasteiger partial charge in [0.15, 0.2) is 0 Å². The summed E-state index contributed by atoms with van der Waals surface area (Å²) in [7, 11) is 1.55. The Hall–Kier alpha value is -2.64. The second-order valence-electron chi connectivity index (χ2n) is 5.10. The van der Waals surface area contributed by atoms with Crippen molar-refractivity contribution < 1.29 is 9.53 Å². The minimum Gasteiger partial charge on any atom is -0.481 e. The summed E-state index contributed by atoms with van der Waals surface area (Å²) in [5.41, 5.74) is 0.632. The fourth-order valence-electron chi connectivity index (χ4n) is 2.60. The number of piperidine rings is 1. The van der Waals surface area contributed by atoms with Crippen LogP contribution >= 0.6 is 0 Å². The number of rotatable bonds is 3. The number of aromatic amines is 1. The number of amides is 2. The molecule has 0 spiro atoms. The highest BCUT2D eigenvalue weighted by molar-refractivity contribution is 5.89. The van der Waals surface area contributed by atoms with E-state index in [2.05, 4.69) is 25.5 Å². The fourth-order valence-corrected chi connectivity index (χ4v) is 2.60. The van der Waals surface area contributed by atoms with Crippen LogP contribution < -0.4 is 10.1 Å². The molecule has 22 heavy (non-hydrogen) atoms. The number of methoxy groups -OCH3 is 1. The first kappa shape index (κ1) is 14.3. The maximum Gasteiger partial charge on any atom is 0.322 e. The Morgan fingerprint density at radius 3 is 3.00 bits per heavy atom. The van der Waals surface area contributed by atoms with Gasteiger partial charge >= 0.3 is 6.03 Å². The number of pyridine rings is 1. The highest BCUT2D eigenvalue weighted by Gasteiger charge is 2.29. The van der Waals surface area contributed by atoms with Gasteiger partial charge in [0.25, 0.3) is 0 Å². The molecular formula is C14H18N6O2. The SMILES string of the molecule is COc1ccc(NC(=O)N2CCCC[C@H]2c2ncn[nH]2)cn1. The summed E-state index contributed by atoms with van der Waals surface area (Å²) < 4.78 is 5.00. The average molecular weight is 302 g/mol. The number of anilines is 1. The first-order valence-corrected chi connectivity index (χ1v) is 7.21. The molecule has 2 aromatic heterocycles. The normalized spacial score (nSPS) is 18.0. The van der Waals surface area contributed by atoms with E-state index in [1.807, 2.05) is 0 Å². The van der Waals surface area contributed by atoms with E-state index in [4.69, 9.17) is 4.74 Å². The zero-order valence-electron chi connectivity index (χ0n) is 12.3. The van der Waals surface area contributed by atoms with E-state index in [0.717, 1.165) is 25.1 Å². The summed E-state index contributed by atoms with van der Waals surface area (Å²) in [6.07, 6.45) is 5.97. The number of hydrogen-bond acceptors (Lipinski definition) is 5. The molecule has 3 rings (SSSR count). The molecule has 0 saturated carbocycles. The molecule has 1 aliphatic heterocycles.